The lowest BCUT2D eigenvalue weighted by atomic mass is 9.91. The Kier molecular flexibility index (Phi) is 7.47. The predicted molar refractivity (Wildman–Crippen MR) is 161 cm³/mol. The molecule has 2 aliphatic rings. The Bertz CT molecular complexity index is 1660. The number of hydrogen-bond acceptors (Lipinski definition) is 6. The number of nitrogens with zero attached hydrogens (tertiary/aromatic N) is 3. The van der Waals surface area contributed by atoms with Crippen molar-refractivity contribution in [3.8, 4) is 11.1 Å². The Hall–Kier alpha value is -4.20. The molecule has 1 amide bonds. The van der Waals surface area contributed by atoms with E-state index < -0.39 is 0 Å². The van der Waals surface area contributed by atoms with Crippen LogP contribution in [0, 0.1) is 13.8 Å². The number of rotatable bonds is 6. The van der Waals surface area contributed by atoms with Crippen molar-refractivity contribution in [1.82, 2.24) is 20.2 Å². The largest absolute Gasteiger partial charge is 0.320 e. The number of ketones is 1. The highest BCUT2D eigenvalue weighted by Crippen LogP contribution is 2.33. The van der Waals surface area contributed by atoms with Gasteiger partial charge in [0.05, 0.1) is 0 Å². The highest BCUT2D eigenvalue weighted by atomic mass is 16.2. The molecule has 2 aliphatic heterocycles. The molecule has 4 heterocycles. The molecule has 6 rings (SSSR count). The summed E-state index contributed by atoms with van der Waals surface area (Å²) in [5.74, 6) is -0.190. The molecule has 4 aromatic rings. The van der Waals surface area contributed by atoms with E-state index in [1.165, 1.54) is 11.1 Å². The maximum Gasteiger partial charge on any atom is 0.274 e. The van der Waals surface area contributed by atoms with Crippen LogP contribution < -0.4 is 10.6 Å². The van der Waals surface area contributed by atoms with Crippen LogP contribution in [0.1, 0.15) is 60.2 Å². The Morgan fingerprint density at radius 3 is 2.41 bits per heavy atom. The van der Waals surface area contributed by atoms with E-state index in [2.05, 4.69) is 51.6 Å². The van der Waals surface area contributed by atoms with Gasteiger partial charge in [-0.3, -0.25) is 9.59 Å². The van der Waals surface area contributed by atoms with Crippen molar-refractivity contribution in [2.24, 2.45) is 0 Å². The van der Waals surface area contributed by atoms with Gasteiger partial charge in [-0.1, -0.05) is 42.5 Å². The SMILES string of the molecule is Cc1c(CC(=O)c2ccc3c(n2)CCNC3)cccc1-c1cccc(NC(=O)c2ccc3c(n2)CCN(C)C3)c1C. The zero-order valence-electron chi connectivity index (χ0n) is 23.9. The molecule has 0 saturated heterocycles. The molecule has 0 atom stereocenters. The van der Waals surface area contributed by atoms with Crippen molar-refractivity contribution < 1.29 is 9.59 Å². The molecule has 0 bridgehead atoms. The maximum atomic E-state index is 13.2. The quantitative estimate of drug-likeness (QED) is 0.329. The Balaban J connectivity index is 1.22. The van der Waals surface area contributed by atoms with Gasteiger partial charge in [-0.15, -0.1) is 0 Å². The van der Waals surface area contributed by atoms with Gasteiger partial charge < -0.3 is 15.5 Å². The summed E-state index contributed by atoms with van der Waals surface area (Å²) in [6, 6.07) is 19.7. The second kappa shape index (κ2) is 11.4. The number of aromatic nitrogens is 2. The number of hydrogen-bond donors (Lipinski definition) is 2. The lowest BCUT2D eigenvalue weighted by Gasteiger charge is -2.24. The van der Waals surface area contributed by atoms with E-state index in [0.717, 1.165) is 83.9 Å². The number of pyridine rings is 2. The van der Waals surface area contributed by atoms with Crippen LogP contribution in [0.15, 0.2) is 60.7 Å². The zero-order valence-corrected chi connectivity index (χ0v) is 23.9. The van der Waals surface area contributed by atoms with E-state index in [-0.39, 0.29) is 11.7 Å². The van der Waals surface area contributed by atoms with E-state index in [1.54, 1.807) is 0 Å². The van der Waals surface area contributed by atoms with Crippen molar-refractivity contribution in [3.63, 3.8) is 0 Å². The number of fused-ring (bicyclic) bond motifs is 2. The highest BCUT2D eigenvalue weighted by molar-refractivity contribution is 6.04. The molecule has 0 unspecified atom stereocenters. The van der Waals surface area contributed by atoms with Crippen molar-refractivity contribution in [2.45, 2.75) is 46.2 Å². The molecule has 208 valence electrons. The topological polar surface area (TPSA) is 87.2 Å². The van der Waals surface area contributed by atoms with Gasteiger partial charge in [0.15, 0.2) is 5.78 Å². The smallest absolute Gasteiger partial charge is 0.274 e. The first-order chi connectivity index (χ1) is 19.9. The number of likely N-dealkylation sites (N-methyl/N-ethyl adjacent to an activating group) is 1. The summed E-state index contributed by atoms with van der Waals surface area (Å²) in [5.41, 5.74) is 11.2. The summed E-state index contributed by atoms with van der Waals surface area (Å²) >= 11 is 0. The van der Waals surface area contributed by atoms with Crippen molar-refractivity contribution in [3.05, 3.63) is 111 Å². The summed E-state index contributed by atoms with van der Waals surface area (Å²) in [6.07, 6.45) is 1.98. The molecule has 0 radical (unpaired) electrons. The van der Waals surface area contributed by atoms with E-state index >= 15 is 0 Å². The van der Waals surface area contributed by atoms with Crippen molar-refractivity contribution >= 4 is 17.4 Å². The Labute approximate surface area is 241 Å². The number of carbonyl (C=O) groups excluding carboxylic acids is 2. The third-order valence-electron chi connectivity index (χ3n) is 8.35. The van der Waals surface area contributed by atoms with Gasteiger partial charge >= 0.3 is 0 Å². The minimum atomic E-state index is -0.212. The Morgan fingerprint density at radius 1 is 0.854 bits per heavy atom. The first-order valence-corrected chi connectivity index (χ1v) is 14.3. The third kappa shape index (κ3) is 5.56. The molecular formula is C34H35N5O2. The molecule has 2 aromatic heterocycles. The molecule has 0 aliphatic carbocycles. The number of nitrogens with one attached hydrogen (secondary N) is 2. The molecular weight excluding hydrogens is 510 g/mol. The van der Waals surface area contributed by atoms with Gasteiger partial charge in [-0.25, -0.2) is 9.97 Å². The predicted octanol–water partition coefficient (Wildman–Crippen LogP) is 5.07. The minimum absolute atomic E-state index is 0.0218. The molecule has 7 heteroatoms. The van der Waals surface area contributed by atoms with Crippen LogP contribution in [0.4, 0.5) is 5.69 Å². The van der Waals surface area contributed by atoms with Gasteiger partial charge in [-0.2, -0.15) is 0 Å². The van der Waals surface area contributed by atoms with Crippen LogP contribution in [0.25, 0.3) is 11.1 Å². The van der Waals surface area contributed by atoms with Crippen LogP contribution in [-0.2, 0) is 32.4 Å². The molecule has 2 N–H and O–H groups in total. The second-order valence-electron chi connectivity index (χ2n) is 11.1. The summed E-state index contributed by atoms with van der Waals surface area (Å²) in [4.78, 5) is 38.1. The number of anilines is 1. The number of benzene rings is 2. The fourth-order valence-electron chi connectivity index (χ4n) is 5.86. The van der Waals surface area contributed by atoms with E-state index in [1.807, 2.05) is 55.5 Å². The minimum Gasteiger partial charge on any atom is -0.320 e. The highest BCUT2D eigenvalue weighted by Gasteiger charge is 2.20. The van der Waals surface area contributed by atoms with Crippen molar-refractivity contribution in [2.75, 3.05) is 25.5 Å². The lowest BCUT2D eigenvalue weighted by Crippen LogP contribution is -2.28. The van der Waals surface area contributed by atoms with Gasteiger partial charge in [0.1, 0.15) is 11.4 Å². The van der Waals surface area contributed by atoms with Crippen LogP contribution in [0.5, 0.6) is 0 Å². The first-order valence-electron chi connectivity index (χ1n) is 14.3. The molecule has 41 heavy (non-hydrogen) atoms. The molecule has 0 spiro atoms. The van der Waals surface area contributed by atoms with Gasteiger partial charge in [-0.05, 0) is 78.0 Å². The summed E-state index contributed by atoms with van der Waals surface area (Å²) in [5, 5.41) is 6.43. The fourth-order valence-corrected chi connectivity index (χ4v) is 5.86. The number of carbonyl (C=O) groups is 2. The number of Topliss-reactive ketones (excluding diaryl/α,β-unsaturated/α-hetero) is 1. The molecule has 0 saturated carbocycles. The Morgan fingerprint density at radius 2 is 1.56 bits per heavy atom. The molecule has 0 fully saturated rings. The zero-order chi connectivity index (χ0) is 28.5. The summed E-state index contributed by atoms with van der Waals surface area (Å²) in [6.45, 7) is 7.57. The average Bonchev–Trinajstić information content (AvgIpc) is 2.99. The van der Waals surface area contributed by atoms with E-state index in [0.29, 0.717) is 17.8 Å². The standard InChI is InChI=1S/C34H35N5O2/c1-21-23(18-33(40)31-12-10-24-19-35-16-14-29(24)36-31)6-4-7-26(21)27-8-5-9-28(22(27)2)38-34(41)32-13-11-25-20-39(3)17-15-30(25)37-32/h4-13,35H,14-20H2,1-3H3,(H,38,41). The van der Waals surface area contributed by atoms with Crippen LogP contribution in [0.3, 0.4) is 0 Å². The van der Waals surface area contributed by atoms with Gasteiger partial charge in [0.2, 0.25) is 0 Å². The molecule has 7 nitrogen and oxygen atoms in total. The lowest BCUT2D eigenvalue weighted by molar-refractivity contribution is 0.0985. The van der Waals surface area contributed by atoms with Gasteiger partial charge in [0.25, 0.3) is 5.91 Å². The van der Waals surface area contributed by atoms with Crippen LogP contribution >= 0.6 is 0 Å². The van der Waals surface area contributed by atoms with Crippen LogP contribution in [0.2, 0.25) is 0 Å². The maximum absolute atomic E-state index is 13.2. The fraction of sp³-hybridized carbons (Fsp3) is 0.294. The number of amides is 1. The monoisotopic (exact) mass is 545 g/mol. The first kappa shape index (κ1) is 27.0. The normalized spacial score (nSPS) is 14.7. The van der Waals surface area contributed by atoms with Crippen LogP contribution in [-0.4, -0.2) is 46.7 Å². The summed E-state index contributed by atoms with van der Waals surface area (Å²) in [7, 11) is 2.10. The molecule has 2 aromatic carbocycles. The van der Waals surface area contributed by atoms with Gasteiger partial charge in [0, 0.05) is 62.5 Å². The second-order valence-corrected chi connectivity index (χ2v) is 11.1. The van der Waals surface area contributed by atoms with E-state index in [9.17, 15) is 9.59 Å². The average molecular weight is 546 g/mol. The van der Waals surface area contributed by atoms with Crippen molar-refractivity contribution in [1.29, 1.82) is 0 Å². The third-order valence-corrected chi connectivity index (χ3v) is 8.35. The van der Waals surface area contributed by atoms with E-state index in [4.69, 9.17) is 0 Å². The summed E-state index contributed by atoms with van der Waals surface area (Å²) < 4.78 is 0.